The van der Waals surface area contributed by atoms with Crippen molar-refractivity contribution in [2.75, 3.05) is 19.7 Å². The maximum atomic E-state index is 12.7. The Morgan fingerprint density at radius 2 is 2.25 bits per heavy atom. The molecule has 3 heterocycles. The smallest absolute Gasteiger partial charge is 0.254 e. The Morgan fingerprint density at radius 3 is 3.04 bits per heavy atom. The lowest BCUT2D eigenvalue weighted by molar-refractivity contribution is -0.188. The Kier molecular flexibility index (Phi) is 5.12. The maximum absolute atomic E-state index is 12.7. The van der Waals surface area contributed by atoms with Crippen molar-refractivity contribution in [3.05, 3.63) is 65.0 Å². The molecule has 0 saturated carbocycles. The summed E-state index contributed by atoms with van der Waals surface area (Å²) in [6, 6.07) is 11.0. The highest BCUT2D eigenvalue weighted by Crippen LogP contribution is 2.36. The van der Waals surface area contributed by atoms with Gasteiger partial charge in [0.2, 0.25) is 0 Å². The summed E-state index contributed by atoms with van der Waals surface area (Å²) < 4.78 is 12.1. The summed E-state index contributed by atoms with van der Waals surface area (Å²) in [6.45, 7) is 4.33. The lowest BCUT2D eigenvalue weighted by Crippen LogP contribution is -2.67. The van der Waals surface area contributed by atoms with Gasteiger partial charge >= 0.3 is 0 Å². The van der Waals surface area contributed by atoms with E-state index >= 15 is 0 Å². The monoisotopic (exact) mass is 377 g/mol. The number of aryl methyl sites for hydroxylation is 1. The van der Waals surface area contributed by atoms with Crippen LogP contribution in [-0.2, 0) is 16.1 Å². The summed E-state index contributed by atoms with van der Waals surface area (Å²) in [4.78, 5) is 18.7. The van der Waals surface area contributed by atoms with Gasteiger partial charge in [0.25, 0.3) is 5.91 Å². The summed E-state index contributed by atoms with van der Waals surface area (Å²) >= 11 is 0. The third-order valence-electron chi connectivity index (χ3n) is 5.35. The number of pyridine rings is 1. The SMILES string of the molecule is Cc1cncc(COC2CCOC3(C2)CN(C(=O)c2cccc(C#N)c2)C3)c1. The molecule has 2 aromatic rings. The van der Waals surface area contributed by atoms with Crippen molar-refractivity contribution in [2.45, 2.75) is 38.1 Å². The van der Waals surface area contributed by atoms with Crippen LogP contribution in [0.3, 0.4) is 0 Å². The van der Waals surface area contributed by atoms with Crippen molar-refractivity contribution in [3.63, 3.8) is 0 Å². The van der Waals surface area contributed by atoms with E-state index in [4.69, 9.17) is 14.7 Å². The lowest BCUT2D eigenvalue weighted by Gasteiger charge is -2.53. The fourth-order valence-electron chi connectivity index (χ4n) is 3.95. The van der Waals surface area contributed by atoms with Crippen molar-refractivity contribution < 1.29 is 14.3 Å². The van der Waals surface area contributed by atoms with E-state index in [-0.39, 0.29) is 17.6 Å². The average Bonchev–Trinajstić information content (AvgIpc) is 2.70. The van der Waals surface area contributed by atoms with Crippen LogP contribution in [0.25, 0.3) is 0 Å². The molecule has 0 bridgehead atoms. The number of carbonyl (C=O) groups excluding carboxylic acids is 1. The zero-order valence-corrected chi connectivity index (χ0v) is 15.9. The molecule has 0 N–H and O–H groups in total. The van der Waals surface area contributed by atoms with E-state index < -0.39 is 0 Å². The van der Waals surface area contributed by atoms with Crippen LogP contribution in [0.15, 0.2) is 42.7 Å². The van der Waals surface area contributed by atoms with Crippen LogP contribution < -0.4 is 0 Å². The first kappa shape index (κ1) is 18.6. The minimum Gasteiger partial charge on any atom is -0.373 e. The van der Waals surface area contributed by atoms with Gasteiger partial charge in [-0.1, -0.05) is 12.1 Å². The Bertz CT molecular complexity index is 915. The molecule has 2 aliphatic heterocycles. The van der Waals surface area contributed by atoms with Crippen LogP contribution in [0.5, 0.6) is 0 Å². The van der Waals surface area contributed by atoms with Gasteiger partial charge in [-0.15, -0.1) is 0 Å². The first-order chi connectivity index (χ1) is 13.6. The molecule has 6 heteroatoms. The molecule has 2 saturated heterocycles. The second-order valence-corrected chi connectivity index (χ2v) is 7.68. The molecule has 4 rings (SSSR count). The number of benzene rings is 1. The van der Waals surface area contributed by atoms with E-state index in [0.29, 0.717) is 37.4 Å². The molecule has 1 spiro atoms. The molecule has 144 valence electrons. The molecule has 1 aromatic carbocycles. The normalized spacial score (nSPS) is 20.4. The van der Waals surface area contributed by atoms with Crippen molar-refractivity contribution >= 4 is 5.91 Å². The molecule has 1 unspecified atom stereocenters. The molecule has 1 aromatic heterocycles. The van der Waals surface area contributed by atoms with E-state index in [1.807, 2.05) is 19.3 Å². The summed E-state index contributed by atoms with van der Waals surface area (Å²) in [6.07, 6.45) is 5.43. The van der Waals surface area contributed by atoms with Gasteiger partial charge in [-0.05, 0) is 42.7 Å². The molecular formula is C22H23N3O3. The Hall–Kier alpha value is -2.75. The average molecular weight is 377 g/mol. The molecule has 6 nitrogen and oxygen atoms in total. The highest BCUT2D eigenvalue weighted by Gasteiger charge is 2.49. The van der Waals surface area contributed by atoms with Crippen LogP contribution >= 0.6 is 0 Å². The van der Waals surface area contributed by atoms with Gasteiger partial charge in [0.15, 0.2) is 0 Å². The van der Waals surface area contributed by atoms with E-state index in [9.17, 15) is 4.79 Å². The van der Waals surface area contributed by atoms with Crippen LogP contribution in [0.4, 0.5) is 0 Å². The second-order valence-electron chi connectivity index (χ2n) is 7.68. The van der Waals surface area contributed by atoms with E-state index in [1.165, 1.54) is 0 Å². The summed E-state index contributed by atoms with van der Waals surface area (Å²) in [5.41, 5.74) is 2.93. The van der Waals surface area contributed by atoms with Crippen LogP contribution in [-0.4, -0.2) is 47.2 Å². The van der Waals surface area contributed by atoms with Gasteiger partial charge in [0.05, 0.1) is 37.4 Å². The fraction of sp³-hybridized carbons (Fsp3) is 0.409. The third-order valence-corrected chi connectivity index (χ3v) is 5.35. The number of likely N-dealkylation sites (tertiary alicyclic amines) is 1. The number of rotatable bonds is 4. The first-order valence-corrected chi connectivity index (χ1v) is 9.52. The largest absolute Gasteiger partial charge is 0.373 e. The van der Waals surface area contributed by atoms with Crippen LogP contribution in [0, 0.1) is 18.3 Å². The van der Waals surface area contributed by atoms with Gasteiger partial charge in [0, 0.05) is 31.0 Å². The van der Waals surface area contributed by atoms with Gasteiger partial charge in [-0.25, -0.2) is 0 Å². The molecule has 2 fully saturated rings. The van der Waals surface area contributed by atoms with Gasteiger partial charge < -0.3 is 14.4 Å². The summed E-state index contributed by atoms with van der Waals surface area (Å²) in [7, 11) is 0. The molecule has 28 heavy (non-hydrogen) atoms. The topological polar surface area (TPSA) is 75.5 Å². The van der Waals surface area contributed by atoms with Gasteiger partial charge in [-0.3, -0.25) is 9.78 Å². The molecule has 2 aliphatic rings. The zero-order valence-electron chi connectivity index (χ0n) is 15.9. The number of nitriles is 1. The summed E-state index contributed by atoms with van der Waals surface area (Å²) in [5.74, 6) is -0.0554. The molecule has 1 atom stereocenters. The predicted molar refractivity (Wildman–Crippen MR) is 103 cm³/mol. The number of ether oxygens (including phenoxy) is 2. The number of hydrogen-bond acceptors (Lipinski definition) is 5. The number of hydrogen-bond donors (Lipinski definition) is 0. The standard InChI is InChI=1S/C22H23N3O3/c1-16-7-18(12-24-11-16)13-27-20-5-6-28-22(9-20)14-25(15-22)21(26)19-4-2-3-17(8-19)10-23/h2-4,7-8,11-12,20H,5-6,9,13-15H2,1H3. The predicted octanol–water partition coefficient (Wildman–Crippen LogP) is 2.85. The van der Waals surface area contributed by atoms with Crippen molar-refractivity contribution in [3.8, 4) is 6.07 Å². The number of amides is 1. The number of carbonyl (C=O) groups is 1. The zero-order chi connectivity index (χ0) is 19.6. The number of nitrogens with zero attached hydrogens (tertiary/aromatic N) is 3. The molecule has 0 aliphatic carbocycles. The molecule has 1 amide bonds. The van der Waals surface area contributed by atoms with Crippen molar-refractivity contribution in [2.24, 2.45) is 0 Å². The van der Waals surface area contributed by atoms with Crippen molar-refractivity contribution in [1.82, 2.24) is 9.88 Å². The highest BCUT2D eigenvalue weighted by atomic mass is 16.5. The van der Waals surface area contributed by atoms with E-state index in [0.717, 1.165) is 24.0 Å². The van der Waals surface area contributed by atoms with Gasteiger partial charge in [0.1, 0.15) is 5.60 Å². The minimum atomic E-state index is -0.309. The van der Waals surface area contributed by atoms with Gasteiger partial charge in [-0.2, -0.15) is 5.26 Å². The van der Waals surface area contributed by atoms with Crippen LogP contribution in [0.2, 0.25) is 0 Å². The van der Waals surface area contributed by atoms with Crippen molar-refractivity contribution in [1.29, 1.82) is 5.26 Å². The Labute approximate surface area is 164 Å². The summed E-state index contributed by atoms with van der Waals surface area (Å²) in [5, 5.41) is 9.02. The third kappa shape index (κ3) is 3.91. The maximum Gasteiger partial charge on any atom is 0.254 e. The van der Waals surface area contributed by atoms with E-state index in [1.54, 1.807) is 29.2 Å². The molecular weight excluding hydrogens is 354 g/mol. The molecule has 0 radical (unpaired) electrons. The van der Waals surface area contributed by atoms with E-state index in [2.05, 4.69) is 17.1 Å². The second kappa shape index (κ2) is 7.70. The highest BCUT2D eigenvalue weighted by molar-refractivity contribution is 5.95. The Balaban J connectivity index is 1.33. The quantitative estimate of drug-likeness (QED) is 0.819. The Morgan fingerprint density at radius 1 is 1.39 bits per heavy atom. The first-order valence-electron chi connectivity index (χ1n) is 9.52. The number of aromatic nitrogens is 1. The fourth-order valence-corrected chi connectivity index (χ4v) is 3.95. The lowest BCUT2D eigenvalue weighted by atomic mass is 9.84. The van der Waals surface area contributed by atoms with Crippen LogP contribution in [0.1, 0.15) is 39.9 Å². The minimum absolute atomic E-state index is 0.0554.